The first kappa shape index (κ1) is 26.6. The van der Waals surface area contributed by atoms with Gasteiger partial charge in [0.05, 0.1) is 25.7 Å². The molecule has 5 nitrogen and oxygen atoms in total. The van der Waals surface area contributed by atoms with Crippen LogP contribution < -0.4 is 14.2 Å². The topological polar surface area (TPSA) is 54.7 Å². The number of nitriles is 1. The molecule has 0 aliphatic rings. The van der Waals surface area contributed by atoms with Crippen LogP contribution in [0, 0.1) is 17.2 Å². The van der Waals surface area contributed by atoms with Crippen molar-refractivity contribution < 1.29 is 14.2 Å². The molecule has 1 atom stereocenters. The minimum atomic E-state index is -0.568. The van der Waals surface area contributed by atoms with Gasteiger partial charge in [-0.1, -0.05) is 44.2 Å². The monoisotopic (exact) mass is 446 g/mol. The van der Waals surface area contributed by atoms with Gasteiger partial charge < -0.3 is 19.1 Å². The lowest BCUT2D eigenvalue weighted by atomic mass is 9.69. The minimum absolute atomic E-state index is 0. The second kappa shape index (κ2) is 13.1. The SMILES string of the molecule is COc1ccccc1OCCN(C)CCCC(C#N)(c1ccccc1OC)C(C)C.Cl. The van der Waals surface area contributed by atoms with E-state index in [0.717, 1.165) is 48.7 Å². The van der Waals surface area contributed by atoms with Crippen LogP contribution in [0.5, 0.6) is 17.2 Å². The van der Waals surface area contributed by atoms with Crippen molar-refractivity contribution in [1.29, 1.82) is 5.26 Å². The van der Waals surface area contributed by atoms with Crippen molar-refractivity contribution in [3.8, 4) is 23.3 Å². The van der Waals surface area contributed by atoms with Gasteiger partial charge in [-0.2, -0.15) is 5.26 Å². The number of para-hydroxylation sites is 3. The van der Waals surface area contributed by atoms with Gasteiger partial charge in [0.25, 0.3) is 0 Å². The van der Waals surface area contributed by atoms with E-state index < -0.39 is 5.41 Å². The van der Waals surface area contributed by atoms with E-state index in [0.29, 0.717) is 6.61 Å². The lowest BCUT2D eigenvalue weighted by Gasteiger charge is -2.33. The third-order valence-electron chi connectivity index (χ3n) is 5.68. The summed E-state index contributed by atoms with van der Waals surface area (Å²) in [6.07, 6.45) is 1.69. The highest BCUT2D eigenvalue weighted by Crippen LogP contribution is 2.41. The molecule has 0 spiro atoms. The Hall–Kier alpha value is -2.42. The average Bonchev–Trinajstić information content (AvgIpc) is 2.77. The van der Waals surface area contributed by atoms with Crippen molar-refractivity contribution >= 4 is 12.4 Å². The predicted molar refractivity (Wildman–Crippen MR) is 128 cm³/mol. The minimum Gasteiger partial charge on any atom is -0.496 e. The van der Waals surface area contributed by atoms with Gasteiger partial charge in [-0.3, -0.25) is 0 Å². The molecule has 0 aliphatic heterocycles. The first-order valence-electron chi connectivity index (χ1n) is 10.5. The Balaban J connectivity index is 0.00000480. The molecule has 0 saturated heterocycles. The van der Waals surface area contributed by atoms with E-state index in [2.05, 4.69) is 31.9 Å². The molecule has 170 valence electrons. The standard InChI is InChI=1S/C25H34N2O3.ClH/c1-20(2)25(19-26,21-11-6-7-12-22(21)28-4)15-10-16-27(3)17-18-30-24-14-9-8-13-23(24)29-5;/h6-9,11-14,20H,10,15-18H2,1-5H3;1H. The van der Waals surface area contributed by atoms with Crippen LogP contribution in [0.4, 0.5) is 0 Å². The van der Waals surface area contributed by atoms with E-state index in [4.69, 9.17) is 14.2 Å². The Morgan fingerprint density at radius 3 is 2.10 bits per heavy atom. The first-order chi connectivity index (χ1) is 14.5. The zero-order valence-corrected chi connectivity index (χ0v) is 20.1. The summed E-state index contributed by atoms with van der Waals surface area (Å²) in [6, 6.07) is 18.2. The number of halogens is 1. The van der Waals surface area contributed by atoms with E-state index in [1.807, 2.05) is 48.5 Å². The maximum absolute atomic E-state index is 10.2. The fraction of sp³-hybridized carbons (Fsp3) is 0.480. The third-order valence-corrected chi connectivity index (χ3v) is 5.68. The van der Waals surface area contributed by atoms with Crippen molar-refractivity contribution in [2.24, 2.45) is 5.92 Å². The van der Waals surface area contributed by atoms with E-state index in [-0.39, 0.29) is 18.3 Å². The highest BCUT2D eigenvalue weighted by atomic mass is 35.5. The van der Waals surface area contributed by atoms with Crippen LogP contribution in [0.15, 0.2) is 48.5 Å². The maximum Gasteiger partial charge on any atom is 0.161 e. The molecule has 0 saturated carbocycles. The zero-order chi connectivity index (χ0) is 22.0. The number of nitrogens with zero attached hydrogens (tertiary/aromatic N) is 2. The highest BCUT2D eigenvalue weighted by Gasteiger charge is 2.37. The summed E-state index contributed by atoms with van der Waals surface area (Å²) in [5.41, 5.74) is 0.411. The van der Waals surface area contributed by atoms with E-state index in [9.17, 15) is 5.26 Å². The number of ether oxygens (including phenoxy) is 3. The summed E-state index contributed by atoms with van der Waals surface area (Å²) in [6.45, 7) is 6.49. The Morgan fingerprint density at radius 1 is 0.935 bits per heavy atom. The molecule has 0 aromatic heterocycles. The summed E-state index contributed by atoms with van der Waals surface area (Å²) in [5.74, 6) is 2.46. The third kappa shape index (κ3) is 6.78. The van der Waals surface area contributed by atoms with Gasteiger partial charge in [0.15, 0.2) is 11.5 Å². The Morgan fingerprint density at radius 2 is 1.52 bits per heavy atom. The van der Waals surface area contributed by atoms with Gasteiger partial charge in [-0.05, 0) is 50.6 Å². The van der Waals surface area contributed by atoms with Crippen LogP contribution in [-0.2, 0) is 5.41 Å². The molecule has 0 fully saturated rings. The van der Waals surface area contributed by atoms with Gasteiger partial charge >= 0.3 is 0 Å². The lowest BCUT2D eigenvalue weighted by Crippen LogP contribution is -2.33. The van der Waals surface area contributed by atoms with Gasteiger partial charge in [0, 0.05) is 12.1 Å². The predicted octanol–water partition coefficient (Wildman–Crippen LogP) is 5.33. The second-order valence-corrected chi connectivity index (χ2v) is 7.84. The van der Waals surface area contributed by atoms with E-state index in [1.54, 1.807) is 14.2 Å². The summed E-state index contributed by atoms with van der Waals surface area (Å²) >= 11 is 0. The van der Waals surface area contributed by atoms with Crippen molar-refractivity contribution in [2.45, 2.75) is 32.1 Å². The molecule has 1 unspecified atom stereocenters. The molecular formula is C25H35ClN2O3. The molecule has 2 aromatic carbocycles. The molecule has 0 radical (unpaired) electrons. The van der Waals surface area contributed by atoms with Gasteiger partial charge in [-0.25, -0.2) is 0 Å². The number of hydrogen-bond acceptors (Lipinski definition) is 5. The number of rotatable bonds is 12. The van der Waals surface area contributed by atoms with Crippen LogP contribution in [0.25, 0.3) is 0 Å². The largest absolute Gasteiger partial charge is 0.496 e. The fourth-order valence-corrected chi connectivity index (χ4v) is 3.78. The summed E-state index contributed by atoms with van der Waals surface area (Å²) in [5, 5.41) is 10.2. The number of likely N-dealkylation sites (N-methyl/N-ethyl adjacent to an activating group) is 1. The summed E-state index contributed by atoms with van der Waals surface area (Å²) in [4.78, 5) is 2.24. The van der Waals surface area contributed by atoms with Crippen molar-refractivity contribution in [3.63, 3.8) is 0 Å². The van der Waals surface area contributed by atoms with Crippen molar-refractivity contribution in [3.05, 3.63) is 54.1 Å². The number of methoxy groups -OCH3 is 2. The smallest absolute Gasteiger partial charge is 0.161 e. The molecular weight excluding hydrogens is 412 g/mol. The van der Waals surface area contributed by atoms with Crippen LogP contribution in [-0.4, -0.2) is 45.9 Å². The van der Waals surface area contributed by atoms with Crippen molar-refractivity contribution in [2.75, 3.05) is 41.0 Å². The molecule has 31 heavy (non-hydrogen) atoms. The van der Waals surface area contributed by atoms with Crippen molar-refractivity contribution in [1.82, 2.24) is 4.90 Å². The van der Waals surface area contributed by atoms with Crippen LogP contribution in [0.2, 0.25) is 0 Å². The zero-order valence-electron chi connectivity index (χ0n) is 19.3. The van der Waals surface area contributed by atoms with Crippen LogP contribution >= 0.6 is 12.4 Å². The maximum atomic E-state index is 10.2. The normalized spacial score (nSPS) is 12.6. The lowest BCUT2D eigenvalue weighted by molar-refractivity contribution is 0.222. The first-order valence-corrected chi connectivity index (χ1v) is 10.5. The number of benzene rings is 2. The second-order valence-electron chi connectivity index (χ2n) is 7.84. The van der Waals surface area contributed by atoms with Gasteiger partial charge in [-0.15, -0.1) is 12.4 Å². The molecule has 0 bridgehead atoms. The van der Waals surface area contributed by atoms with Gasteiger partial charge in [0.1, 0.15) is 12.4 Å². The average molecular weight is 447 g/mol. The molecule has 0 amide bonds. The number of hydrogen-bond donors (Lipinski definition) is 0. The van der Waals surface area contributed by atoms with Crippen LogP contribution in [0.1, 0.15) is 32.3 Å². The van der Waals surface area contributed by atoms with Crippen LogP contribution in [0.3, 0.4) is 0 Å². The Labute approximate surface area is 193 Å². The van der Waals surface area contributed by atoms with E-state index in [1.165, 1.54) is 0 Å². The Bertz CT molecular complexity index is 838. The summed E-state index contributed by atoms with van der Waals surface area (Å²) in [7, 11) is 5.39. The van der Waals surface area contributed by atoms with Gasteiger partial charge in [0.2, 0.25) is 0 Å². The van der Waals surface area contributed by atoms with E-state index >= 15 is 0 Å². The summed E-state index contributed by atoms with van der Waals surface area (Å²) < 4.78 is 16.7. The molecule has 2 rings (SSSR count). The Kier molecular flexibility index (Phi) is 11.2. The quantitative estimate of drug-likeness (QED) is 0.440. The molecule has 0 heterocycles. The molecule has 0 N–H and O–H groups in total. The molecule has 2 aromatic rings. The fourth-order valence-electron chi connectivity index (χ4n) is 3.78. The highest BCUT2D eigenvalue weighted by molar-refractivity contribution is 5.85. The molecule has 0 aliphatic carbocycles. The molecule has 6 heteroatoms.